The molecule has 28 heavy (non-hydrogen) atoms. The number of hydrogen-bond acceptors (Lipinski definition) is 3. The summed E-state index contributed by atoms with van der Waals surface area (Å²) in [7, 11) is 0. The number of halogens is 2. The molecule has 140 valence electrons. The zero-order valence-corrected chi connectivity index (χ0v) is 16.2. The summed E-state index contributed by atoms with van der Waals surface area (Å²) in [5.74, 6) is -0.443. The maximum Gasteiger partial charge on any atom is 0.277 e. The van der Waals surface area contributed by atoms with Crippen molar-refractivity contribution in [2.24, 2.45) is 5.10 Å². The highest BCUT2D eigenvalue weighted by Crippen LogP contribution is 2.19. The second-order valence-corrected chi connectivity index (χ2v) is 6.76. The van der Waals surface area contributed by atoms with Gasteiger partial charge in [0, 0.05) is 22.2 Å². The maximum absolute atomic E-state index is 12.3. The Morgan fingerprint density at radius 3 is 2.50 bits per heavy atom. The van der Waals surface area contributed by atoms with Gasteiger partial charge in [0.1, 0.15) is 5.56 Å². The zero-order chi connectivity index (χ0) is 19.9. The van der Waals surface area contributed by atoms with E-state index in [2.05, 4.69) is 10.5 Å². The Morgan fingerprint density at radius 1 is 1.00 bits per heavy atom. The molecule has 0 spiro atoms. The highest BCUT2D eigenvalue weighted by Gasteiger charge is 2.14. The first kappa shape index (κ1) is 19.7. The van der Waals surface area contributed by atoms with Crippen molar-refractivity contribution in [3.63, 3.8) is 0 Å². The van der Waals surface area contributed by atoms with Crippen LogP contribution in [0.4, 0.5) is 0 Å². The van der Waals surface area contributed by atoms with Crippen molar-refractivity contribution in [3.8, 4) is 0 Å². The van der Waals surface area contributed by atoms with Gasteiger partial charge in [-0.25, -0.2) is 5.43 Å². The minimum Gasteiger partial charge on any atom is -0.287 e. The van der Waals surface area contributed by atoms with Gasteiger partial charge in [0.2, 0.25) is 12.3 Å². The van der Waals surface area contributed by atoms with Crippen LogP contribution in [0, 0.1) is 0 Å². The highest BCUT2D eigenvalue weighted by molar-refractivity contribution is 6.36. The van der Waals surface area contributed by atoms with Crippen molar-refractivity contribution in [1.82, 2.24) is 5.43 Å². The van der Waals surface area contributed by atoms with Crippen molar-refractivity contribution >= 4 is 41.1 Å². The van der Waals surface area contributed by atoms with E-state index in [0.29, 0.717) is 26.7 Å². The average molecular weight is 413 g/mol. The predicted molar refractivity (Wildman–Crippen MR) is 109 cm³/mol. The standard InChI is InChI=1S/C21H15Cl2N3O2/c22-18-9-8-16(19(23)11-18)12-24-25-21(28)17-7-4-10-26(13-17)14-20(27)15-5-2-1-3-6-15/h1-13H,14H2/p+1. The Balaban J connectivity index is 1.65. The first-order valence-electron chi connectivity index (χ1n) is 8.39. The number of carbonyl (C=O) groups excluding carboxylic acids is 2. The maximum atomic E-state index is 12.3. The van der Waals surface area contributed by atoms with E-state index < -0.39 is 5.91 Å². The van der Waals surface area contributed by atoms with Crippen LogP contribution in [0.2, 0.25) is 10.0 Å². The Morgan fingerprint density at radius 2 is 1.75 bits per heavy atom. The second kappa shape index (κ2) is 9.26. The lowest BCUT2D eigenvalue weighted by atomic mass is 10.1. The first-order chi connectivity index (χ1) is 13.5. The van der Waals surface area contributed by atoms with E-state index in [4.69, 9.17) is 23.2 Å². The molecule has 0 aliphatic rings. The number of amides is 1. The van der Waals surface area contributed by atoms with Crippen LogP contribution >= 0.6 is 23.2 Å². The fourth-order valence-corrected chi connectivity index (χ4v) is 2.92. The Kier molecular flexibility index (Phi) is 6.53. The average Bonchev–Trinajstić information content (AvgIpc) is 2.70. The molecule has 0 fully saturated rings. The van der Waals surface area contributed by atoms with Gasteiger partial charge in [0.25, 0.3) is 5.91 Å². The normalized spacial score (nSPS) is 10.8. The van der Waals surface area contributed by atoms with Crippen LogP contribution in [0.15, 0.2) is 78.2 Å². The molecule has 1 amide bonds. The summed E-state index contributed by atoms with van der Waals surface area (Å²) in [6.45, 7) is 0.134. The van der Waals surface area contributed by atoms with E-state index in [1.807, 2.05) is 18.2 Å². The van der Waals surface area contributed by atoms with Crippen molar-refractivity contribution in [2.75, 3.05) is 0 Å². The smallest absolute Gasteiger partial charge is 0.277 e. The minimum atomic E-state index is -0.400. The molecule has 0 aliphatic carbocycles. The Bertz CT molecular complexity index is 1040. The summed E-state index contributed by atoms with van der Waals surface area (Å²) in [6, 6.07) is 17.3. The van der Waals surface area contributed by atoms with Gasteiger partial charge in [-0.2, -0.15) is 9.67 Å². The van der Waals surface area contributed by atoms with E-state index >= 15 is 0 Å². The molecule has 0 aliphatic heterocycles. The fourth-order valence-electron chi connectivity index (χ4n) is 2.47. The van der Waals surface area contributed by atoms with Gasteiger partial charge < -0.3 is 0 Å². The number of benzene rings is 2. The summed E-state index contributed by atoms with van der Waals surface area (Å²) in [6.07, 6.45) is 4.77. The lowest BCUT2D eigenvalue weighted by Gasteiger charge is -2.01. The molecule has 1 heterocycles. The molecular formula is C21H16Cl2N3O2+. The van der Waals surface area contributed by atoms with E-state index in [-0.39, 0.29) is 12.3 Å². The van der Waals surface area contributed by atoms with Gasteiger partial charge in [-0.3, -0.25) is 9.59 Å². The molecule has 3 rings (SSSR count). The lowest BCUT2D eigenvalue weighted by molar-refractivity contribution is -0.683. The molecule has 0 saturated heterocycles. The fraction of sp³-hybridized carbons (Fsp3) is 0.0476. The van der Waals surface area contributed by atoms with Crippen LogP contribution in [-0.2, 0) is 6.54 Å². The quantitative estimate of drug-likeness (QED) is 0.288. The van der Waals surface area contributed by atoms with Crippen LogP contribution in [0.3, 0.4) is 0 Å². The summed E-state index contributed by atoms with van der Waals surface area (Å²) in [5, 5.41) is 4.87. The molecule has 5 nitrogen and oxygen atoms in total. The molecule has 7 heteroatoms. The van der Waals surface area contributed by atoms with Crippen molar-refractivity contribution < 1.29 is 14.2 Å². The second-order valence-electron chi connectivity index (χ2n) is 5.92. The first-order valence-corrected chi connectivity index (χ1v) is 9.14. The number of rotatable bonds is 6. The summed E-state index contributed by atoms with van der Waals surface area (Å²) in [4.78, 5) is 24.6. The number of nitrogens with one attached hydrogen (secondary N) is 1. The van der Waals surface area contributed by atoms with E-state index in [9.17, 15) is 9.59 Å². The molecule has 0 bridgehead atoms. The Hall–Kier alpha value is -3.02. The van der Waals surface area contributed by atoms with Crippen molar-refractivity contribution in [2.45, 2.75) is 6.54 Å². The SMILES string of the molecule is O=C(C[n+]1cccc(C(=O)NN=Cc2ccc(Cl)cc2Cl)c1)c1ccccc1. The Labute approximate surface area is 172 Å². The number of hydrazone groups is 1. The van der Waals surface area contributed by atoms with E-state index in [1.165, 1.54) is 6.21 Å². The van der Waals surface area contributed by atoms with Crippen LogP contribution in [0.25, 0.3) is 0 Å². The third-order valence-electron chi connectivity index (χ3n) is 3.87. The summed E-state index contributed by atoms with van der Waals surface area (Å²) in [5.41, 5.74) is 4.07. The van der Waals surface area contributed by atoms with Gasteiger partial charge in [-0.05, 0) is 18.2 Å². The highest BCUT2D eigenvalue weighted by atomic mass is 35.5. The monoisotopic (exact) mass is 412 g/mol. The molecule has 0 unspecified atom stereocenters. The summed E-state index contributed by atoms with van der Waals surface area (Å²) >= 11 is 11.9. The van der Waals surface area contributed by atoms with Gasteiger partial charge >= 0.3 is 0 Å². The molecule has 1 N–H and O–H groups in total. The zero-order valence-electron chi connectivity index (χ0n) is 14.7. The van der Waals surface area contributed by atoms with Crippen LogP contribution in [0.1, 0.15) is 26.3 Å². The number of ketones is 1. The molecule has 0 saturated carbocycles. The van der Waals surface area contributed by atoms with Gasteiger partial charge in [0.05, 0.1) is 11.2 Å². The molecule has 2 aromatic carbocycles. The molecule has 0 radical (unpaired) electrons. The molecule has 1 aromatic heterocycles. The van der Waals surface area contributed by atoms with Crippen LogP contribution in [0.5, 0.6) is 0 Å². The van der Waals surface area contributed by atoms with Crippen LogP contribution in [-0.4, -0.2) is 17.9 Å². The van der Waals surface area contributed by atoms with Crippen molar-refractivity contribution in [1.29, 1.82) is 0 Å². The lowest BCUT2D eigenvalue weighted by Crippen LogP contribution is -2.38. The number of aromatic nitrogens is 1. The van der Waals surface area contributed by atoms with Gasteiger partial charge in [0.15, 0.2) is 12.4 Å². The van der Waals surface area contributed by atoms with E-state index in [1.54, 1.807) is 59.4 Å². The third kappa shape index (κ3) is 5.25. The van der Waals surface area contributed by atoms with E-state index in [0.717, 1.165) is 0 Å². The summed E-state index contributed by atoms with van der Waals surface area (Å²) < 4.78 is 1.66. The van der Waals surface area contributed by atoms with Gasteiger partial charge in [-0.1, -0.05) is 59.6 Å². The van der Waals surface area contributed by atoms with Crippen LogP contribution < -0.4 is 9.99 Å². The van der Waals surface area contributed by atoms with Crippen molar-refractivity contribution in [3.05, 3.63) is 99.8 Å². The van der Waals surface area contributed by atoms with Gasteiger partial charge in [-0.15, -0.1) is 0 Å². The number of Topliss-reactive ketones (excluding diaryl/α,β-unsaturated/α-hetero) is 1. The number of hydrogen-bond donors (Lipinski definition) is 1. The largest absolute Gasteiger partial charge is 0.287 e. The molecule has 0 atom stereocenters. The predicted octanol–water partition coefficient (Wildman–Crippen LogP) is 3.93. The number of carbonyl (C=O) groups is 2. The number of nitrogens with zero attached hydrogens (tertiary/aromatic N) is 2. The third-order valence-corrected chi connectivity index (χ3v) is 4.44. The number of pyridine rings is 1. The molecular weight excluding hydrogens is 397 g/mol. The minimum absolute atomic E-state index is 0.0430. The topological polar surface area (TPSA) is 62.4 Å². The molecule has 3 aromatic rings.